The second-order valence-electron chi connectivity index (χ2n) is 5.64. The van der Waals surface area contributed by atoms with Gasteiger partial charge >= 0.3 is 11.9 Å². The van der Waals surface area contributed by atoms with Crippen molar-refractivity contribution in [3.8, 4) is 11.5 Å². The van der Waals surface area contributed by atoms with Crippen LogP contribution < -0.4 is 9.47 Å². The third-order valence-corrected chi connectivity index (χ3v) is 3.90. The van der Waals surface area contributed by atoms with E-state index in [9.17, 15) is 9.59 Å². The van der Waals surface area contributed by atoms with Crippen LogP contribution >= 0.6 is 0 Å². The number of hydrogen-bond acceptors (Lipinski definition) is 6. The maximum atomic E-state index is 12.0. The molecule has 0 aliphatic heterocycles. The molecule has 2 aromatic rings. The Morgan fingerprint density at radius 2 is 0.962 bits per heavy atom. The van der Waals surface area contributed by atoms with Gasteiger partial charge in [-0.15, -0.1) is 0 Å². The Labute approximate surface area is 152 Å². The predicted molar refractivity (Wildman–Crippen MR) is 95.0 cm³/mol. The molecule has 2 atom stereocenters. The van der Waals surface area contributed by atoms with Crippen LogP contribution in [0.2, 0.25) is 0 Å². The molecule has 6 heteroatoms. The van der Waals surface area contributed by atoms with Gasteiger partial charge in [-0.05, 0) is 49.2 Å². The summed E-state index contributed by atoms with van der Waals surface area (Å²) in [5, 5.41) is 0. The molecular weight excluding hydrogens is 336 g/mol. The zero-order valence-corrected chi connectivity index (χ0v) is 15.2. The van der Waals surface area contributed by atoms with Gasteiger partial charge in [0.15, 0.2) is 0 Å². The molecule has 2 unspecified atom stereocenters. The Hall–Kier alpha value is -3.02. The highest BCUT2D eigenvalue weighted by molar-refractivity contribution is 6.29. The van der Waals surface area contributed by atoms with Gasteiger partial charge in [-0.1, -0.05) is 24.3 Å². The fourth-order valence-electron chi connectivity index (χ4n) is 2.30. The van der Waals surface area contributed by atoms with Crippen molar-refractivity contribution >= 4 is 11.9 Å². The van der Waals surface area contributed by atoms with E-state index in [4.69, 9.17) is 18.9 Å². The SMILES string of the molecule is COc1ccc(C(C)OC(=O)C(=O)OC(C)c2ccc(OC)cc2)cc1. The highest BCUT2D eigenvalue weighted by Crippen LogP contribution is 2.22. The summed E-state index contributed by atoms with van der Waals surface area (Å²) in [4.78, 5) is 24.0. The Morgan fingerprint density at radius 1 is 0.654 bits per heavy atom. The van der Waals surface area contributed by atoms with E-state index in [1.54, 1.807) is 76.6 Å². The second kappa shape index (κ2) is 8.89. The first-order chi connectivity index (χ1) is 12.4. The van der Waals surface area contributed by atoms with Crippen molar-refractivity contribution in [2.75, 3.05) is 14.2 Å². The summed E-state index contributed by atoms with van der Waals surface area (Å²) >= 11 is 0. The molecule has 0 radical (unpaired) electrons. The van der Waals surface area contributed by atoms with Crippen molar-refractivity contribution in [3.63, 3.8) is 0 Å². The van der Waals surface area contributed by atoms with E-state index in [1.807, 2.05) is 0 Å². The van der Waals surface area contributed by atoms with Crippen LogP contribution in [0.3, 0.4) is 0 Å². The summed E-state index contributed by atoms with van der Waals surface area (Å²) in [6, 6.07) is 14.1. The molecule has 2 aromatic carbocycles. The van der Waals surface area contributed by atoms with Crippen molar-refractivity contribution in [2.45, 2.75) is 26.1 Å². The Morgan fingerprint density at radius 3 is 1.23 bits per heavy atom. The van der Waals surface area contributed by atoms with Crippen LogP contribution in [0.1, 0.15) is 37.2 Å². The molecule has 0 aromatic heterocycles. The molecular formula is C20H22O6. The third kappa shape index (κ3) is 4.99. The topological polar surface area (TPSA) is 71.1 Å². The van der Waals surface area contributed by atoms with Crippen LogP contribution in [0.5, 0.6) is 11.5 Å². The quantitative estimate of drug-likeness (QED) is 0.580. The van der Waals surface area contributed by atoms with E-state index in [1.165, 1.54) is 0 Å². The number of hydrogen-bond donors (Lipinski definition) is 0. The monoisotopic (exact) mass is 358 g/mol. The summed E-state index contributed by atoms with van der Waals surface area (Å²) in [6.07, 6.45) is -1.17. The van der Waals surface area contributed by atoms with Gasteiger partial charge in [-0.3, -0.25) is 0 Å². The first kappa shape index (κ1) is 19.3. The van der Waals surface area contributed by atoms with Crippen LogP contribution in [-0.4, -0.2) is 26.2 Å². The smallest absolute Gasteiger partial charge is 0.418 e. The minimum absolute atomic E-state index is 0.586. The lowest BCUT2D eigenvalue weighted by atomic mass is 10.1. The molecule has 0 spiro atoms. The number of ether oxygens (including phenoxy) is 4. The zero-order chi connectivity index (χ0) is 19.1. The number of methoxy groups -OCH3 is 2. The number of benzene rings is 2. The van der Waals surface area contributed by atoms with Crippen LogP contribution in [0, 0.1) is 0 Å². The fourth-order valence-corrected chi connectivity index (χ4v) is 2.30. The van der Waals surface area contributed by atoms with Gasteiger partial charge in [0.05, 0.1) is 14.2 Å². The molecule has 0 fully saturated rings. The largest absolute Gasteiger partial charge is 0.497 e. The summed E-state index contributed by atoms with van der Waals surface area (Å²) in [7, 11) is 3.14. The van der Waals surface area contributed by atoms with Gasteiger partial charge < -0.3 is 18.9 Å². The standard InChI is InChI=1S/C20H22O6/c1-13(15-5-9-17(23-3)10-6-15)25-19(21)20(22)26-14(2)16-7-11-18(24-4)12-8-16/h5-14H,1-4H3. The summed E-state index contributed by atoms with van der Waals surface area (Å²) in [6.45, 7) is 3.36. The molecule has 2 rings (SSSR count). The molecule has 0 aliphatic carbocycles. The van der Waals surface area contributed by atoms with Crippen molar-refractivity contribution < 1.29 is 28.5 Å². The average molecular weight is 358 g/mol. The van der Waals surface area contributed by atoms with Crippen LogP contribution in [0.25, 0.3) is 0 Å². The van der Waals surface area contributed by atoms with E-state index in [-0.39, 0.29) is 0 Å². The maximum absolute atomic E-state index is 12.0. The van der Waals surface area contributed by atoms with Crippen LogP contribution in [-0.2, 0) is 19.1 Å². The first-order valence-electron chi connectivity index (χ1n) is 8.14. The minimum atomic E-state index is -1.03. The zero-order valence-electron chi connectivity index (χ0n) is 15.2. The number of esters is 2. The number of carbonyl (C=O) groups excluding carboxylic acids is 2. The average Bonchev–Trinajstić information content (AvgIpc) is 2.67. The molecule has 0 saturated heterocycles. The second-order valence-corrected chi connectivity index (χ2v) is 5.64. The molecule has 26 heavy (non-hydrogen) atoms. The summed E-state index contributed by atoms with van der Waals surface area (Å²) in [5.74, 6) is -0.678. The van der Waals surface area contributed by atoms with Gasteiger partial charge in [-0.2, -0.15) is 0 Å². The molecule has 138 valence electrons. The van der Waals surface area contributed by atoms with Crippen molar-refractivity contribution in [2.24, 2.45) is 0 Å². The minimum Gasteiger partial charge on any atom is -0.497 e. The van der Waals surface area contributed by atoms with Crippen LogP contribution in [0.4, 0.5) is 0 Å². The van der Waals surface area contributed by atoms with E-state index < -0.39 is 24.1 Å². The highest BCUT2D eigenvalue weighted by atomic mass is 16.6. The lowest BCUT2D eigenvalue weighted by molar-refractivity contribution is -0.173. The molecule has 0 aliphatic rings. The van der Waals surface area contributed by atoms with Gasteiger partial charge in [0.2, 0.25) is 0 Å². The van der Waals surface area contributed by atoms with Crippen molar-refractivity contribution in [3.05, 3.63) is 59.7 Å². The third-order valence-electron chi connectivity index (χ3n) is 3.90. The molecule has 6 nitrogen and oxygen atoms in total. The van der Waals surface area contributed by atoms with E-state index in [0.29, 0.717) is 11.5 Å². The Balaban J connectivity index is 1.92. The van der Waals surface area contributed by atoms with Crippen molar-refractivity contribution in [1.82, 2.24) is 0 Å². The van der Waals surface area contributed by atoms with Crippen molar-refractivity contribution in [1.29, 1.82) is 0 Å². The summed E-state index contributed by atoms with van der Waals surface area (Å²) in [5.41, 5.74) is 1.49. The van der Waals surface area contributed by atoms with Gasteiger partial charge in [0.25, 0.3) is 0 Å². The van der Waals surface area contributed by atoms with Crippen LogP contribution in [0.15, 0.2) is 48.5 Å². The Kier molecular flexibility index (Phi) is 6.60. The summed E-state index contributed by atoms with van der Waals surface area (Å²) < 4.78 is 20.5. The van der Waals surface area contributed by atoms with E-state index in [0.717, 1.165) is 11.1 Å². The normalized spacial score (nSPS) is 12.6. The molecule has 0 heterocycles. The van der Waals surface area contributed by atoms with Gasteiger partial charge in [0, 0.05) is 0 Å². The number of carbonyl (C=O) groups is 2. The molecule has 0 N–H and O–H groups in total. The lowest BCUT2D eigenvalue weighted by Crippen LogP contribution is -2.23. The van der Waals surface area contributed by atoms with E-state index >= 15 is 0 Å². The fraction of sp³-hybridized carbons (Fsp3) is 0.300. The van der Waals surface area contributed by atoms with Gasteiger partial charge in [0.1, 0.15) is 23.7 Å². The first-order valence-corrected chi connectivity index (χ1v) is 8.14. The van der Waals surface area contributed by atoms with Gasteiger partial charge in [-0.25, -0.2) is 9.59 Å². The van der Waals surface area contributed by atoms with E-state index in [2.05, 4.69) is 0 Å². The lowest BCUT2D eigenvalue weighted by Gasteiger charge is -2.16. The predicted octanol–water partition coefficient (Wildman–Crippen LogP) is 3.61. The molecule has 0 saturated carbocycles. The highest BCUT2D eigenvalue weighted by Gasteiger charge is 2.24. The number of rotatable bonds is 6. The molecule has 0 amide bonds. The molecule has 0 bridgehead atoms. The Bertz CT molecular complexity index is 670. The maximum Gasteiger partial charge on any atom is 0.418 e.